The van der Waals surface area contributed by atoms with Gasteiger partial charge in [-0.25, -0.2) is 4.79 Å². The first-order valence-corrected chi connectivity index (χ1v) is 10.3. The summed E-state index contributed by atoms with van der Waals surface area (Å²) >= 11 is 0. The van der Waals surface area contributed by atoms with Crippen molar-refractivity contribution < 1.29 is 13.9 Å². The first kappa shape index (κ1) is 19.2. The van der Waals surface area contributed by atoms with Crippen molar-refractivity contribution in [2.75, 3.05) is 38.2 Å². The summed E-state index contributed by atoms with van der Waals surface area (Å²) in [5.74, 6) is 0.533. The van der Waals surface area contributed by atoms with Gasteiger partial charge in [0, 0.05) is 37.3 Å². The molecule has 0 radical (unpaired) electrons. The fraction of sp³-hybridized carbons (Fsp3) is 0.200. The highest BCUT2D eigenvalue weighted by Gasteiger charge is 2.25. The monoisotopic (exact) mass is 414 g/mol. The number of carbonyl (C=O) groups is 1. The highest BCUT2D eigenvalue weighted by Crippen LogP contribution is 2.26. The molecule has 1 fully saturated rings. The van der Waals surface area contributed by atoms with Crippen LogP contribution in [0.4, 0.5) is 5.69 Å². The standard InChI is InChI=1S/C25H22N2O4/c1-30-19-9-7-18(8-10-19)26-12-14-27(15-13-26)24(28)22-16-21-20-5-3-2-4-17(20)6-11-23(21)31-25(22)29/h2-11,16H,12-15H2,1H3. The first-order valence-electron chi connectivity index (χ1n) is 10.3. The topological polar surface area (TPSA) is 63.0 Å². The van der Waals surface area contributed by atoms with E-state index < -0.39 is 5.63 Å². The van der Waals surface area contributed by atoms with Crippen LogP contribution < -0.4 is 15.3 Å². The number of amides is 1. The lowest BCUT2D eigenvalue weighted by Gasteiger charge is -2.36. The minimum Gasteiger partial charge on any atom is -0.497 e. The fourth-order valence-electron chi connectivity index (χ4n) is 4.15. The third kappa shape index (κ3) is 3.50. The Kier molecular flexibility index (Phi) is 4.82. The first-order chi connectivity index (χ1) is 15.1. The molecule has 0 aliphatic carbocycles. The molecule has 0 saturated carbocycles. The van der Waals surface area contributed by atoms with Crippen LogP contribution in [-0.2, 0) is 0 Å². The van der Waals surface area contributed by atoms with E-state index >= 15 is 0 Å². The van der Waals surface area contributed by atoms with E-state index in [9.17, 15) is 9.59 Å². The predicted octanol–water partition coefficient (Wildman–Crippen LogP) is 3.92. The number of benzene rings is 3. The Bertz CT molecular complexity index is 1320. The van der Waals surface area contributed by atoms with Crippen LogP contribution in [0, 0.1) is 0 Å². The maximum atomic E-state index is 13.2. The SMILES string of the molecule is COc1ccc(N2CCN(C(=O)c3cc4c(ccc5ccccc54)oc3=O)CC2)cc1. The summed E-state index contributed by atoms with van der Waals surface area (Å²) in [6.07, 6.45) is 0. The number of methoxy groups -OCH3 is 1. The third-order valence-corrected chi connectivity index (χ3v) is 5.88. The number of rotatable bonds is 3. The average molecular weight is 414 g/mol. The van der Waals surface area contributed by atoms with Gasteiger partial charge in [0.25, 0.3) is 5.91 Å². The van der Waals surface area contributed by atoms with Crippen LogP contribution in [0.25, 0.3) is 21.7 Å². The molecule has 2 heterocycles. The number of carbonyl (C=O) groups excluding carboxylic acids is 1. The Morgan fingerprint density at radius 2 is 1.65 bits per heavy atom. The molecule has 156 valence electrons. The number of hydrogen-bond acceptors (Lipinski definition) is 5. The van der Waals surface area contributed by atoms with E-state index in [0.29, 0.717) is 31.8 Å². The van der Waals surface area contributed by atoms with Crippen molar-refractivity contribution in [3.05, 3.63) is 82.7 Å². The zero-order valence-corrected chi connectivity index (χ0v) is 17.2. The van der Waals surface area contributed by atoms with Crippen LogP contribution in [-0.4, -0.2) is 44.1 Å². The van der Waals surface area contributed by atoms with E-state index in [4.69, 9.17) is 9.15 Å². The van der Waals surface area contributed by atoms with E-state index in [1.807, 2.05) is 54.6 Å². The summed E-state index contributed by atoms with van der Waals surface area (Å²) < 4.78 is 10.7. The lowest BCUT2D eigenvalue weighted by atomic mass is 10.0. The maximum absolute atomic E-state index is 13.2. The highest BCUT2D eigenvalue weighted by molar-refractivity contribution is 6.07. The fourth-order valence-corrected chi connectivity index (χ4v) is 4.15. The van der Waals surface area contributed by atoms with Crippen LogP contribution >= 0.6 is 0 Å². The van der Waals surface area contributed by atoms with Crippen molar-refractivity contribution >= 4 is 33.3 Å². The van der Waals surface area contributed by atoms with E-state index in [2.05, 4.69) is 4.90 Å². The Morgan fingerprint density at radius 1 is 0.903 bits per heavy atom. The minimum absolute atomic E-state index is 0.0850. The molecule has 6 nitrogen and oxygen atoms in total. The zero-order chi connectivity index (χ0) is 21.4. The molecule has 0 atom stereocenters. The molecule has 1 aliphatic heterocycles. The molecule has 3 aromatic carbocycles. The van der Waals surface area contributed by atoms with Crippen molar-refractivity contribution in [1.29, 1.82) is 0 Å². The average Bonchev–Trinajstić information content (AvgIpc) is 2.83. The molecule has 5 rings (SSSR count). The van der Waals surface area contributed by atoms with Crippen LogP contribution in [0.15, 0.2) is 75.9 Å². The molecule has 1 saturated heterocycles. The zero-order valence-electron chi connectivity index (χ0n) is 17.2. The Labute approximate surface area is 179 Å². The summed E-state index contributed by atoms with van der Waals surface area (Å²) in [7, 11) is 1.64. The summed E-state index contributed by atoms with van der Waals surface area (Å²) in [6.45, 7) is 2.47. The normalized spacial score (nSPS) is 14.2. The molecule has 31 heavy (non-hydrogen) atoms. The molecule has 1 aromatic heterocycles. The van der Waals surface area contributed by atoms with Crippen molar-refractivity contribution in [3.63, 3.8) is 0 Å². The number of nitrogens with zero attached hydrogens (tertiary/aromatic N) is 2. The van der Waals surface area contributed by atoms with Crippen molar-refractivity contribution in [1.82, 2.24) is 4.90 Å². The van der Waals surface area contributed by atoms with Gasteiger partial charge in [-0.15, -0.1) is 0 Å². The smallest absolute Gasteiger partial charge is 0.349 e. The molecular formula is C25H22N2O4. The number of fused-ring (bicyclic) bond motifs is 3. The van der Waals surface area contributed by atoms with Gasteiger partial charge in [0.05, 0.1) is 7.11 Å². The second-order valence-electron chi connectivity index (χ2n) is 7.62. The quantitative estimate of drug-likeness (QED) is 0.376. The van der Waals surface area contributed by atoms with Gasteiger partial charge in [0.2, 0.25) is 0 Å². The van der Waals surface area contributed by atoms with Crippen molar-refractivity contribution in [2.45, 2.75) is 0 Å². The molecule has 0 spiro atoms. The molecule has 6 heteroatoms. The van der Waals surface area contributed by atoms with Gasteiger partial charge in [0.1, 0.15) is 16.9 Å². The molecule has 0 unspecified atom stereocenters. The molecule has 0 bridgehead atoms. The van der Waals surface area contributed by atoms with Gasteiger partial charge in [-0.05, 0) is 47.2 Å². The molecule has 1 aliphatic rings. The van der Waals surface area contributed by atoms with E-state index in [0.717, 1.165) is 27.6 Å². The van der Waals surface area contributed by atoms with Gasteiger partial charge in [-0.2, -0.15) is 0 Å². The summed E-state index contributed by atoms with van der Waals surface area (Å²) in [4.78, 5) is 29.7. The van der Waals surface area contributed by atoms with Crippen molar-refractivity contribution in [2.24, 2.45) is 0 Å². The van der Waals surface area contributed by atoms with E-state index in [1.54, 1.807) is 24.1 Å². The van der Waals surface area contributed by atoms with Gasteiger partial charge in [-0.1, -0.05) is 30.3 Å². The van der Waals surface area contributed by atoms with Crippen LogP contribution in [0.5, 0.6) is 5.75 Å². The summed E-state index contributed by atoms with van der Waals surface area (Å²) in [5.41, 5.74) is 1.07. The third-order valence-electron chi connectivity index (χ3n) is 5.88. The Hall–Kier alpha value is -3.80. The number of hydrogen-bond donors (Lipinski definition) is 0. The minimum atomic E-state index is -0.592. The van der Waals surface area contributed by atoms with Gasteiger partial charge >= 0.3 is 5.63 Å². The van der Waals surface area contributed by atoms with E-state index in [1.165, 1.54) is 0 Å². The molecule has 4 aromatic rings. The molecule has 0 N–H and O–H groups in total. The van der Waals surface area contributed by atoms with Crippen LogP contribution in [0.1, 0.15) is 10.4 Å². The largest absolute Gasteiger partial charge is 0.497 e. The van der Waals surface area contributed by atoms with Crippen molar-refractivity contribution in [3.8, 4) is 5.75 Å². The number of piperazine rings is 1. The Balaban J connectivity index is 1.39. The van der Waals surface area contributed by atoms with Gasteiger partial charge < -0.3 is 19.0 Å². The van der Waals surface area contributed by atoms with E-state index in [-0.39, 0.29) is 11.5 Å². The van der Waals surface area contributed by atoms with Crippen LogP contribution in [0.3, 0.4) is 0 Å². The second-order valence-corrected chi connectivity index (χ2v) is 7.62. The summed E-state index contributed by atoms with van der Waals surface area (Å²) in [6, 6.07) is 21.1. The summed E-state index contributed by atoms with van der Waals surface area (Å²) in [5, 5.41) is 2.77. The number of ether oxygens (including phenoxy) is 1. The lowest BCUT2D eigenvalue weighted by molar-refractivity contribution is 0.0742. The van der Waals surface area contributed by atoms with Gasteiger partial charge in [0.15, 0.2) is 0 Å². The molecular weight excluding hydrogens is 392 g/mol. The van der Waals surface area contributed by atoms with Gasteiger partial charge in [-0.3, -0.25) is 4.79 Å². The Morgan fingerprint density at radius 3 is 2.39 bits per heavy atom. The lowest BCUT2D eigenvalue weighted by Crippen LogP contribution is -2.49. The highest BCUT2D eigenvalue weighted by atomic mass is 16.5. The number of anilines is 1. The maximum Gasteiger partial charge on any atom is 0.349 e. The predicted molar refractivity (Wildman–Crippen MR) is 121 cm³/mol. The second kappa shape index (κ2) is 7.80. The molecule has 1 amide bonds. The van der Waals surface area contributed by atoms with Crippen LogP contribution in [0.2, 0.25) is 0 Å².